The number of benzene rings is 2. The molecule has 4 N–H and O–H groups in total. The maximum absolute atomic E-state index is 8.81. The van der Waals surface area contributed by atoms with Gasteiger partial charge in [0.15, 0.2) is 0 Å². The van der Waals surface area contributed by atoms with Crippen molar-refractivity contribution in [3.8, 4) is 5.75 Å². The molecule has 4 heteroatoms. The van der Waals surface area contributed by atoms with Gasteiger partial charge in [-0.25, -0.2) is 0 Å². The second kappa shape index (κ2) is 6.12. The Balaban J connectivity index is 2.01. The number of allylic oxidation sites excluding steroid dienone is 1. The van der Waals surface area contributed by atoms with Crippen LogP contribution in [0.2, 0.25) is 0 Å². The van der Waals surface area contributed by atoms with Gasteiger partial charge < -0.3 is 10.5 Å². The third kappa shape index (κ3) is 3.30. The molecular weight excluding hydrogens is 252 g/mol. The van der Waals surface area contributed by atoms with Gasteiger partial charge in [0.25, 0.3) is 0 Å². The molecule has 0 radical (unpaired) electrons. The first-order chi connectivity index (χ1) is 9.60. The van der Waals surface area contributed by atoms with Crippen LogP contribution in [-0.2, 0) is 6.61 Å². The van der Waals surface area contributed by atoms with Crippen LogP contribution in [0.4, 0.5) is 11.4 Å². The minimum Gasteiger partial charge on any atom is -0.489 e. The molecule has 4 nitrogen and oxygen atoms in total. The molecule has 20 heavy (non-hydrogen) atoms. The number of nitrogens with two attached hydrogens (primary N) is 1. The summed E-state index contributed by atoms with van der Waals surface area (Å²) < 4.78 is 5.66. The van der Waals surface area contributed by atoms with E-state index >= 15 is 0 Å². The fourth-order valence-electron chi connectivity index (χ4n) is 1.78. The Hall–Kier alpha value is -2.46. The fraction of sp³-hybridized carbons (Fsp3) is 0.125. The maximum atomic E-state index is 8.81. The second-order valence-electron chi connectivity index (χ2n) is 4.63. The monoisotopic (exact) mass is 270 g/mol. The van der Waals surface area contributed by atoms with Crippen LogP contribution in [0.15, 0.2) is 49.0 Å². The highest BCUT2D eigenvalue weighted by Gasteiger charge is 2.01. The van der Waals surface area contributed by atoms with Gasteiger partial charge in [0.1, 0.15) is 12.4 Å². The van der Waals surface area contributed by atoms with Gasteiger partial charge in [0, 0.05) is 6.07 Å². The molecule has 0 fully saturated rings. The van der Waals surface area contributed by atoms with Gasteiger partial charge in [-0.2, -0.15) is 0 Å². The predicted molar refractivity (Wildman–Crippen MR) is 81.7 cm³/mol. The average molecular weight is 270 g/mol. The lowest BCUT2D eigenvalue weighted by molar-refractivity contribution is 0.306. The van der Waals surface area contributed by atoms with Crippen molar-refractivity contribution in [2.24, 2.45) is 0 Å². The first-order valence-corrected chi connectivity index (χ1v) is 6.27. The van der Waals surface area contributed by atoms with Gasteiger partial charge in [0.05, 0.1) is 11.4 Å². The molecule has 0 atom stereocenters. The number of hydrogen-bond acceptors (Lipinski definition) is 4. The number of hydrogen-bond donors (Lipinski definition) is 3. The van der Waals surface area contributed by atoms with Crippen molar-refractivity contribution in [3.05, 3.63) is 60.2 Å². The van der Waals surface area contributed by atoms with Crippen LogP contribution in [-0.4, -0.2) is 5.21 Å². The molecule has 2 rings (SSSR count). The molecule has 0 unspecified atom stereocenters. The van der Waals surface area contributed by atoms with Gasteiger partial charge in [-0.3, -0.25) is 10.7 Å². The third-order valence-electron chi connectivity index (χ3n) is 3.00. The average Bonchev–Trinajstić information content (AvgIpc) is 2.45. The highest BCUT2D eigenvalue weighted by Crippen LogP contribution is 2.24. The minimum absolute atomic E-state index is 0.433. The third-order valence-corrected chi connectivity index (χ3v) is 3.00. The van der Waals surface area contributed by atoms with Crippen LogP contribution in [0, 0.1) is 0 Å². The topological polar surface area (TPSA) is 67.5 Å². The Labute approximate surface area is 118 Å². The fourth-order valence-corrected chi connectivity index (χ4v) is 1.78. The van der Waals surface area contributed by atoms with E-state index < -0.39 is 0 Å². The van der Waals surface area contributed by atoms with Crippen LogP contribution in [0.5, 0.6) is 5.75 Å². The van der Waals surface area contributed by atoms with Crippen LogP contribution in [0.1, 0.15) is 18.1 Å². The van der Waals surface area contributed by atoms with E-state index in [1.165, 1.54) is 0 Å². The number of rotatable bonds is 5. The van der Waals surface area contributed by atoms with Crippen molar-refractivity contribution in [1.82, 2.24) is 0 Å². The summed E-state index contributed by atoms with van der Waals surface area (Å²) in [5.41, 5.74) is 11.9. The van der Waals surface area contributed by atoms with E-state index in [0.29, 0.717) is 23.7 Å². The lowest BCUT2D eigenvalue weighted by atomic mass is 10.1. The summed E-state index contributed by atoms with van der Waals surface area (Å²) in [6, 6.07) is 13.1. The highest BCUT2D eigenvalue weighted by molar-refractivity contribution is 5.67. The highest BCUT2D eigenvalue weighted by atomic mass is 16.5. The molecule has 2 aromatic carbocycles. The number of nitrogen functional groups attached to an aromatic ring is 1. The molecule has 0 aromatic heterocycles. The number of anilines is 2. The lowest BCUT2D eigenvalue weighted by Crippen LogP contribution is -1.99. The zero-order valence-corrected chi connectivity index (χ0v) is 11.4. The van der Waals surface area contributed by atoms with Gasteiger partial charge in [-0.05, 0) is 30.2 Å². The van der Waals surface area contributed by atoms with Gasteiger partial charge in [-0.15, -0.1) is 0 Å². The standard InChI is InChI=1S/C16H18N2O2/c1-11(2)13-5-3-12(4-6-13)10-20-14-7-8-16(18-19)15(17)9-14/h3-9,18-19H,1,10,17H2,2H3. The molecule has 0 aliphatic rings. The molecule has 0 aliphatic heterocycles. The van der Waals surface area contributed by atoms with Crippen LogP contribution < -0.4 is 16.0 Å². The summed E-state index contributed by atoms with van der Waals surface area (Å²) in [5.74, 6) is 0.658. The molecular formula is C16H18N2O2. The molecule has 0 heterocycles. The number of nitrogens with one attached hydrogen (secondary N) is 1. The lowest BCUT2D eigenvalue weighted by Gasteiger charge is -2.10. The molecule has 104 valence electrons. The van der Waals surface area contributed by atoms with Crippen molar-refractivity contribution in [2.45, 2.75) is 13.5 Å². The largest absolute Gasteiger partial charge is 0.489 e. The maximum Gasteiger partial charge on any atom is 0.122 e. The van der Waals surface area contributed by atoms with Crippen molar-refractivity contribution in [1.29, 1.82) is 0 Å². The quantitative estimate of drug-likeness (QED) is 0.572. The molecule has 0 amide bonds. The number of ether oxygens (including phenoxy) is 1. The van der Waals surface area contributed by atoms with Crippen molar-refractivity contribution in [2.75, 3.05) is 11.2 Å². The Morgan fingerprint density at radius 1 is 1.25 bits per heavy atom. The summed E-state index contributed by atoms with van der Waals surface area (Å²) in [7, 11) is 0. The molecule has 0 aliphatic carbocycles. The molecule has 0 saturated carbocycles. The van der Waals surface area contributed by atoms with Crippen molar-refractivity contribution >= 4 is 16.9 Å². The van der Waals surface area contributed by atoms with Crippen LogP contribution in [0.25, 0.3) is 5.57 Å². The minimum atomic E-state index is 0.433. The summed E-state index contributed by atoms with van der Waals surface area (Å²) in [6.45, 7) is 6.34. The summed E-state index contributed by atoms with van der Waals surface area (Å²) in [6.07, 6.45) is 0. The van der Waals surface area contributed by atoms with Gasteiger partial charge in [0.2, 0.25) is 0 Å². The SMILES string of the molecule is C=C(C)c1ccc(COc2ccc(NO)c(N)c2)cc1. The van der Waals surface area contributed by atoms with Crippen molar-refractivity contribution in [3.63, 3.8) is 0 Å². The first-order valence-electron chi connectivity index (χ1n) is 6.27. The van der Waals surface area contributed by atoms with E-state index in [1.54, 1.807) is 18.2 Å². The smallest absolute Gasteiger partial charge is 0.122 e. The summed E-state index contributed by atoms with van der Waals surface area (Å²) in [5, 5.41) is 8.81. The van der Waals surface area contributed by atoms with Gasteiger partial charge in [-0.1, -0.05) is 36.4 Å². The van der Waals surface area contributed by atoms with Crippen LogP contribution in [0.3, 0.4) is 0 Å². The first kappa shape index (κ1) is 14.0. The van der Waals surface area contributed by atoms with E-state index in [0.717, 1.165) is 16.7 Å². The zero-order chi connectivity index (χ0) is 14.5. The molecule has 0 bridgehead atoms. The summed E-state index contributed by atoms with van der Waals surface area (Å²) in [4.78, 5) is 0. The van der Waals surface area contributed by atoms with E-state index in [4.69, 9.17) is 15.7 Å². The molecule has 0 spiro atoms. The van der Waals surface area contributed by atoms with E-state index in [-0.39, 0.29) is 0 Å². The molecule has 0 saturated heterocycles. The van der Waals surface area contributed by atoms with Crippen molar-refractivity contribution < 1.29 is 9.94 Å². The summed E-state index contributed by atoms with van der Waals surface area (Å²) >= 11 is 0. The predicted octanol–water partition coefficient (Wildman–Crippen LogP) is 3.68. The zero-order valence-electron chi connectivity index (χ0n) is 11.4. The Morgan fingerprint density at radius 2 is 1.95 bits per heavy atom. The van der Waals surface area contributed by atoms with E-state index in [2.05, 4.69) is 6.58 Å². The van der Waals surface area contributed by atoms with E-state index in [9.17, 15) is 0 Å². The molecule has 2 aromatic rings. The normalized spacial score (nSPS) is 10.1. The Bertz CT molecular complexity index is 606. The Kier molecular flexibility index (Phi) is 4.27. The Morgan fingerprint density at radius 3 is 2.50 bits per heavy atom. The van der Waals surface area contributed by atoms with Crippen LogP contribution >= 0.6 is 0 Å². The second-order valence-corrected chi connectivity index (χ2v) is 4.63. The van der Waals surface area contributed by atoms with Gasteiger partial charge >= 0.3 is 0 Å². The van der Waals surface area contributed by atoms with E-state index in [1.807, 2.05) is 36.7 Å².